The zero-order valence-corrected chi connectivity index (χ0v) is 11.8. The summed E-state index contributed by atoms with van der Waals surface area (Å²) in [5.41, 5.74) is 6.94. The molecular formula is C11H8BrClN6. The van der Waals surface area contributed by atoms with Crippen molar-refractivity contribution in [2.45, 2.75) is 0 Å². The van der Waals surface area contributed by atoms with Crippen LogP contribution in [0.4, 0.5) is 17.5 Å². The summed E-state index contributed by atoms with van der Waals surface area (Å²) in [6.07, 6.45) is 1.63. The zero-order valence-electron chi connectivity index (χ0n) is 9.48. The van der Waals surface area contributed by atoms with Gasteiger partial charge in [-0.1, -0.05) is 27.5 Å². The molecule has 0 aliphatic carbocycles. The van der Waals surface area contributed by atoms with Gasteiger partial charge in [-0.05, 0) is 18.2 Å². The number of H-pyrrole nitrogens is 1. The molecule has 1 aromatic carbocycles. The number of aromatic nitrogens is 4. The van der Waals surface area contributed by atoms with E-state index < -0.39 is 0 Å². The van der Waals surface area contributed by atoms with Crippen molar-refractivity contribution in [2.75, 3.05) is 11.1 Å². The van der Waals surface area contributed by atoms with E-state index in [1.165, 1.54) is 0 Å². The highest BCUT2D eigenvalue weighted by Gasteiger charge is 2.10. The Morgan fingerprint density at radius 3 is 3.00 bits per heavy atom. The molecule has 3 aromatic rings. The third-order valence-corrected chi connectivity index (χ3v) is 3.33. The molecule has 0 spiro atoms. The highest BCUT2D eigenvalue weighted by atomic mass is 79.9. The van der Waals surface area contributed by atoms with E-state index >= 15 is 0 Å². The maximum Gasteiger partial charge on any atom is 0.224 e. The molecule has 0 saturated heterocycles. The van der Waals surface area contributed by atoms with Crippen LogP contribution in [0.1, 0.15) is 0 Å². The number of nitrogens with one attached hydrogen (secondary N) is 2. The summed E-state index contributed by atoms with van der Waals surface area (Å²) in [7, 11) is 0. The summed E-state index contributed by atoms with van der Waals surface area (Å²) < 4.78 is 0.907. The lowest BCUT2D eigenvalue weighted by atomic mass is 10.3. The van der Waals surface area contributed by atoms with E-state index in [1.54, 1.807) is 12.3 Å². The minimum atomic E-state index is 0.158. The van der Waals surface area contributed by atoms with Crippen LogP contribution in [0.5, 0.6) is 0 Å². The Hall–Kier alpha value is -1.86. The highest BCUT2D eigenvalue weighted by molar-refractivity contribution is 9.10. The number of nitrogen functional groups attached to an aromatic ring is 1. The van der Waals surface area contributed by atoms with Crippen LogP contribution in [0.15, 0.2) is 28.9 Å². The third-order valence-electron chi connectivity index (χ3n) is 2.51. The second-order valence-electron chi connectivity index (χ2n) is 3.81. The van der Waals surface area contributed by atoms with E-state index in [2.05, 4.69) is 41.4 Å². The van der Waals surface area contributed by atoms with Crippen LogP contribution in [0.3, 0.4) is 0 Å². The first-order valence-corrected chi connectivity index (χ1v) is 6.49. The van der Waals surface area contributed by atoms with Gasteiger partial charge in [0.25, 0.3) is 0 Å². The van der Waals surface area contributed by atoms with Crippen LogP contribution in [0, 0.1) is 0 Å². The lowest BCUT2D eigenvalue weighted by Crippen LogP contribution is -2.01. The average molecular weight is 340 g/mol. The molecule has 0 bridgehead atoms. The predicted octanol–water partition coefficient (Wildman–Crippen LogP) is 3.09. The fraction of sp³-hybridized carbons (Fsp3) is 0. The molecule has 8 heteroatoms. The quantitative estimate of drug-likeness (QED) is 0.667. The summed E-state index contributed by atoms with van der Waals surface area (Å²) >= 11 is 9.52. The number of anilines is 3. The Balaban J connectivity index is 2.10. The molecule has 0 fully saturated rings. The predicted molar refractivity (Wildman–Crippen MR) is 78.5 cm³/mol. The fourth-order valence-electron chi connectivity index (χ4n) is 1.67. The molecular weight excluding hydrogens is 332 g/mol. The number of rotatable bonds is 2. The van der Waals surface area contributed by atoms with Gasteiger partial charge in [-0.25, -0.2) is 0 Å². The van der Waals surface area contributed by atoms with Crippen molar-refractivity contribution in [3.8, 4) is 0 Å². The van der Waals surface area contributed by atoms with Crippen LogP contribution in [0.25, 0.3) is 11.0 Å². The summed E-state index contributed by atoms with van der Waals surface area (Å²) in [6.45, 7) is 0. The Labute approximate surface area is 121 Å². The van der Waals surface area contributed by atoms with Gasteiger partial charge in [-0.15, -0.1) is 0 Å². The summed E-state index contributed by atoms with van der Waals surface area (Å²) in [4.78, 5) is 8.21. The fourth-order valence-corrected chi connectivity index (χ4v) is 2.19. The zero-order chi connectivity index (χ0) is 13.4. The SMILES string of the molecule is Nc1nc(Nc2cc(Br)ccc2Cl)c2cn[nH]c2n1. The van der Waals surface area contributed by atoms with Crippen LogP contribution in [0.2, 0.25) is 5.02 Å². The van der Waals surface area contributed by atoms with Gasteiger partial charge >= 0.3 is 0 Å². The number of nitrogens with two attached hydrogens (primary N) is 1. The van der Waals surface area contributed by atoms with E-state index in [9.17, 15) is 0 Å². The molecule has 96 valence electrons. The van der Waals surface area contributed by atoms with Crippen molar-refractivity contribution in [3.05, 3.63) is 33.9 Å². The number of fused-ring (bicyclic) bond motifs is 1. The molecule has 0 unspecified atom stereocenters. The minimum Gasteiger partial charge on any atom is -0.368 e. The van der Waals surface area contributed by atoms with Crippen molar-refractivity contribution in [2.24, 2.45) is 0 Å². The number of benzene rings is 1. The van der Waals surface area contributed by atoms with Gasteiger partial charge < -0.3 is 11.1 Å². The Bertz CT molecular complexity index is 756. The maximum absolute atomic E-state index is 6.13. The molecule has 3 rings (SSSR count). The van der Waals surface area contributed by atoms with E-state index in [0.717, 1.165) is 15.5 Å². The van der Waals surface area contributed by atoms with Crippen molar-refractivity contribution in [3.63, 3.8) is 0 Å². The topological polar surface area (TPSA) is 92.5 Å². The van der Waals surface area contributed by atoms with Crippen molar-refractivity contribution >= 4 is 56.0 Å². The van der Waals surface area contributed by atoms with Gasteiger partial charge in [0.15, 0.2) is 5.65 Å². The summed E-state index contributed by atoms with van der Waals surface area (Å²) in [5.74, 6) is 0.710. The molecule has 0 aliphatic rings. The molecule has 2 aromatic heterocycles. The van der Waals surface area contributed by atoms with Gasteiger partial charge in [-0.3, -0.25) is 5.10 Å². The first kappa shape index (κ1) is 12.2. The molecule has 0 amide bonds. The molecule has 0 radical (unpaired) electrons. The number of aromatic amines is 1. The van der Waals surface area contributed by atoms with Crippen LogP contribution in [-0.4, -0.2) is 20.2 Å². The molecule has 0 atom stereocenters. The lowest BCUT2D eigenvalue weighted by molar-refractivity contribution is 1.09. The molecule has 0 saturated carbocycles. The largest absolute Gasteiger partial charge is 0.368 e. The second-order valence-corrected chi connectivity index (χ2v) is 5.13. The molecule has 6 nitrogen and oxygen atoms in total. The van der Waals surface area contributed by atoms with Gasteiger partial charge in [0.1, 0.15) is 5.82 Å². The standard InChI is InChI=1S/C11H8BrClN6/c12-5-1-2-7(13)8(3-5)16-9-6-4-15-19-10(6)18-11(14)17-9/h1-4H,(H4,14,15,16,17,18,19). The first-order chi connectivity index (χ1) is 9.13. The van der Waals surface area contributed by atoms with Crippen molar-refractivity contribution < 1.29 is 0 Å². The van der Waals surface area contributed by atoms with E-state index in [1.807, 2.05) is 12.1 Å². The van der Waals surface area contributed by atoms with Gasteiger partial charge in [0.2, 0.25) is 5.95 Å². The van der Waals surface area contributed by atoms with Crippen molar-refractivity contribution in [1.29, 1.82) is 0 Å². The highest BCUT2D eigenvalue weighted by Crippen LogP contribution is 2.30. The van der Waals surface area contributed by atoms with E-state index in [4.69, 9.17) is 17.3 Å². The van der Waals surface area contributed by atoms with Gasteiger partial charge in [0, 0.05) is 4.47 Å². The normalized spacial score (nSPS) is 10.8. The average Bonchev–Trinajstić information content (AvgIpc) is 2.82. The van der Waals surface area contributed by atoms with Crippen LogP contribution in [-0.2, 0) is 0 Å². The van der Waals surface area contributed by atoms with Crippen molar-refractivity contribution in [1.82, 2.24) is 20.2 Å². The molecule has 2 heterocycles. The first-order valence-electron chi connectivity index (χ1n) is 5.32. The summed E-state index contributed by atoms with van der Waals surface area (Å²) in [5, 5.41) is 11.1. The maximum atomic E-state index is 6.13. The molecule has 0 aliphatic heterocycles. The number of hydrogen-bond donors (Lipinski definition) is 3. The number of halogens is 2. The number of hydrogen-bond acceptors (Lipinski definition) is 5. The van der Waals surface area contributed by atoms with E-state index in [-0.39, 0.29) is 5.95 Å². The van der Waals surface area contributed by atoms with Crippen LogP contribution < -0.4 is 11.1 Å². The molecule has 19 heavy (non-hydrogen) atoms. The monoisotopic (exact) mass is 338 g/mol. The summed E-state index contributed by atoms with van der Waals surface area (Å²) in [6, 6.07) is 5.49. The van der Waals surface area contributed by atoms with Crippen LogP contribution >= 0.6 is 27.5 Å². The minimum absolute atomic E-state index is 0.158. The van der Waals surface area contributed by atoms with Gasteiger partial charge in [-0.2, -0.15) is 15.1 Å². The molecule has 4 N–H and O–H groups in total. The smallest absolute Gasteiger partial charge is 0.224 e. The Morgan fingerprint density at radius 1 is 1.32 bits per heavy atom. The Morgan fingerprint density at radius 2 is 2.16 bits per heavy atom. The van der Waals surface area contributed by atoms with E-state index in [0.29, 0.717) is 16.5 Å². The van der Waals surface area contributed by atoms with Gasteiger partial charge in [0.05, 0.1) is 22.3 Å². The third kappa shape index (κ3) is 2.34. The number of nitrogens with zero attached hydrogens (tertiary/aromatic N) is 3. The lowest BCUT2D eigenvalue weighted by Gasteiger charge is -2.09. The Kier molecular flexibility index (Phi) is 3.00. The second kappa shape index (κ2) is 4.67.